The van der Waals surface area contributed by atoms with Crippen molar-refractivity contribution >= 4 is 19.5 Å². The van der Waals surface area contributed by atoms with Crippen molar-refractivity contribution in [3.8, 4) is 0 Å². The second-order valence-electron chi connectivity index (χ2n) is 1.26. The lowest BCUT2D eigenvalue weighted by atomic mass is 10.2. The van der Waals surface area contributed by atoms with Gasteiger partial charge in [-0.25, -0.2) is 4.79 Å². The topological polar surface area (TPSA) is 37.3 Å². The van der Waals surface area contributed by atoms with E-state index in [-0.39, 0.29) is 19.1 Å². The van der Waals surface area contributed by atoms with Gasteiger partial charge in [0, 0.05) is 5.57 Å². The third-order valence-corrected chi connectivity index (χ3v) is 0.729. The predicted molar refractivity (Wildman–Crippen MR) is 37.4 cm³/mol. The van der Waals surface area contributed by atoms with Gasteiger partial charge in [0.25, 0.3) is 0 Å². The highest BCUT2D eigenvalue weighted by atomic mass is 32.1. The van der Waals surface area contributed by atoms with Gasteiger partial charge < -0.3 is 5.11 Å². The Kier molecular flexibility index (Phi) is 6.20. The minimum atomic E-state index is -0.900. The van der Waals surface area contributed by atoms with E-state index in [1.54, 1.807) is 6.92 Å². The molecule has 0 heterocycles. The van der Waals surface area contributed by atoms with Gasteiger partial charge in [0.2, 0.25) is 0 Å². The summed E-state index contributed by atoms with van der Waals surface area (Å²) in [5.41, 5.74) is 0.264. The van der Waals surface area contributed by atoms with E-state index in [1.807, 2.05) is 0 Å². The van der Waals surface area contributed by atoms with E-state index in [1.165, 1.54) is 0 Å². The molecule has 0 aromatic carbocycles. The molecule has 48 valence electrons. The number of carboxylic acid groups (broad SMARTS) is 1. The molecule has 1 N–H and O–H groups in total. The van der Waals surface area contributed by atoms with Crippen molar-refractivity contribution in [2.45, 2.75) is 13.3 Å². The van der Waals surface area contributed by atoms with Crippen LogP contribution in [0.5, 0.6) is 0 Å². The SMILES string of the molecule is C=C(CC)C(=O)O.S. The molecule has 0 atom stereocenters. The number of rotatable bonds is 2. The molecular formula is C5H10O2S. The molecule has 0 aliphatic heterocycles. The van der Waals surface area contributed by atoms with Crippen LogP contribution in [0.3, 0.4) is 0 Å². The molecule has 0 aliphatic rings. The number of carbonyl (C=O) groups is 1. The summed E-state index contributed by atoms with van der Waals surface area (Å²) < 4.78 is 0. The quantitative estimate of drug-likeness (QED) is 0.575. The third kappa shape index (κ3) is 3.74. The lowest BCUT2D eigenvalue weighted by Crippen LogP contribution is -1.95. The van der Waals surface area contributed by atoms with Gasteiger partial charge in [-0.15, -0.1) is 0 Å². The Morgan fingerprint density at radius 1 is 1.75 bits per heavy atom. The predicted octanol–water partition coefficient (Wildman–Crippen LogP) is 1.15. The highest BCUT2D eigenvalue weighted by Crippen LogP contribution is 1.93. The van der Waals surface area contributed by atoms with Gasteiger partial charge in [0.15, 0.2) is 0 Å². The molecule has 0 bridgehead atoms. The maximum absolute atomic E-state index is 9.83. The molecule has 0 rings (SSSR count). The molecule has 0 amide bonds. The van der Waals surface area contributed by atoms with E-state index in [9.17, 15) is 4.79 Å². The van der Waals surface area contributed by atoms with E-state index >= 15 is 0 Å². The fraction of sp³-hybridized carbons (Fsp3) is 0.400. The van der Waals surface area contributed by atoms with Gasteiger partial charge in [-0.3, -0.25) is 0 Å². The summed E-state index contributed by atoms with van der Waals surface area (Å²) in [4.78, 5) is 9.83. The molecule has 0 saturated carbocycles. The van der Waals surface area contributed by atoms with Crippen LogP contribution in [0.25, 0.3) is 0 Å². The monoisotopic (exact) mass is 134 g/mol. The number of hydrogen-bond acceptors (Lipinski definition) is 1. The van der Waals surface area contributed by atoms with Crippen molar-refractivity contribution in [1.29, 1.82) is 0 Å². The summed E-state index contributed by atoms with van der Waals surface area (Å²) in [6.45, 7) is 5.03. The van der Waals surface area contributed by atoms with Crippen molar-refractivity contribution in [1.82, 2.24) is 0 Å². The van der Waals surface area contributed by atoms with Crippen LogP contribution in [0.15, 0.2) is 12.2 Å². The molecule has 0 aliphatic carbocycles. The Balaban J connectivity index is 0. The summed E-state index contributed by atoms with van der Waals surface area (Å²) in [7, 11) is 0. The molecule has 0 fully saturated rings. The van der Waals surface area contributed by atoms with Crippen molar-refractivity contribution in [2.75, 3.05) is 0 Å². The average Bonchev–Trinajstić information content (AvgIpc) is 1.65. The molecule has 3 heteroatoms. The van der Waals surface area contributed by atoms with Gasteiger partial charge in [0.1, 0.15) is 0 Å². The summed E-state index contributed by atoms with van der Waals surface area (Å²) in [5.74, 6) is -0.900. The van der Waals surface area contributed by atoms with Gasteiger partial charge >= 0.3 is 5.97 Å². The largest absolute Gasteiger partial charge is 0.478 e. The van der Waals surface area contributed by atoms with E-state index < -0.39 is 5.97 Å². The molecular weight excluding hydrogens is 124 g/mol. The zero-order valence-corrected chi connectivity index (χ0v) is 5.77. The van der Waals surface area contributed by atoms with Crippen LogP contribution in [0.1, 0.15) is 13.3 Å². The maximum Gasteiger partial charge on any atom is 0.330 e. The normalized spacial score (nSPS) is 7.12. The maximum atomic E-state index is 9.83. The zero-order valence-electron chi connectivity index (χ0n) is 4.77. The van der Waals surface area contributed by atoms with E-state index in [0.717, 1.165) is 0 Å². The van der Waals surface area contributed by atoms with Gasteiger partial charge in [-0.1, -0.05) is 13.5 Å². The zero-order chi connectivity index (χ0) is 5.86. The molecule has 0 radical (unpaired) electrons. The van der Waals surface area contributed by atoms with Crippen molar-refractivity contribution in [3.05, 3.63) is 12.2 Å². The van der Waals surface area contributed by atoms with Crippen LogP contribution in [0.2, 0.25) is 0 Å². The fourth-order valence-electron chi connectivity index (χ4n) is 0.151. The Labute approximate surface area is 55.7 Å². The van der Waals surface area contributed by atoms with E-state index in [0.29, 0.717) is 6.42 Å². The minimum absolute atomic E-state index is 0. The van der Waals surface area contributed by atoms with E-state index in [2.05, 4.69) is 6.58 Å². The van der Waals surface area contributed by atoms with E-state index in [4.69, 9.17) is 5.11 Å². The minimum Gasteiger partial charge on any atom is -0.478 e. The summed E-state index contributed by atoms with van der Waals surface area (Å²) in [6, 6.07) is 0. The fourth-order valence-corrected chi connectivity index (χ4v) is 0.151. The van der Waals surface area contributed by atoms with Crippen LogP contribution in [-0.4, -0.2) is 11.1 Å². The van der Waals surface area contributed by atoms with Gasteiger partial charge in [0.05, 0.1) is 0 Å². The standard InChI is InChI=1S/C5H8O2.H2S/c1-3-4(2)5(6)7;/h2-3H2,1H3,(H,6,7);1H2. The molecule has 8 heavy (non-hydrogen) atoms. The Morgan fingerprint density at radius 3 is 2.12 bits per heavy atom. The van der Waals surface area contributed by atoms with Crippen LogP contribution < -0.4 is 0 Å². The van der Waals surface area contributed by atoms with Crippen molar-refractivity contribution in [2.24, 2.45) is 0 Å². The molecule has 0 saturated heterocycles. The lowest BCUT2D eigenvalue weighted by Gasteiger charge is -1.87. The van der Waals surface area contributed by atoms with Crippen LogP contribution in [0, 0.1) is 0 Å². The second kappa shape index (κ2) is 4.71. The molecule has 0 aromatic rings. The average molecular weight is 134 g/mol. The summed E-state index contributed by atoms with van der Waals surface area (Å²) in [5, 5.41) is 8.08. The first-order chi connectivity index (χ1) is 3.18. The first-order valence-corrected chi connectivity index (χ1v) is 2.09. The molecule has 0 unspecified atom stereocenters. The smallest absolute Gasteiger partial charge is 0.330 e. The highest BCUT2D eigenvalue weighted by Gasteiger charge is 1.96. The Morgan fingerprint density at radius 2 is 2.12 bits per heavy atom. The lowest BCUT2D eigenvalue weighted by molar-refractivity contribution is -0.132. The number of carboxylic acids is 1. The summed E-state index contributed by atoms with van der Waals surface area (Å²) in [6.07, 6.45) is 0.523. The highest BCUT2D eigenvalue weighted by molar-refractivity contribution is 7.59. The molecule has 2 nitrogen and oxygen atoms in total. The van der Waals surface area contributed by atoms with Gasteiger partial charge in [-0.05, 0) is 6.42 Å². The van der Waals surface area contributed by atoms with Crippen LogP contribution >= 0.6 is 13.5 Å². The first kappa shape index (κ1) is 10.5. The molecule has 0 spiro atoms. The third-order valence-electron chi connectivity index (χ3n) is 0.729. The number of hydrogen-bond donors (Lipinski definition) is 1. The van der Waals surface area contributed by atoms with Crippen molar-refractivity contribution in [3.63, 3.8) is 0 Å². The van der Waals surface area contributed by atoms with Crippen LogP contribution in [0.4, 0.5) is 0 Å². The summed E-state index contributed by atoms with van der Waals surface area (Å²) >= 11 is 0. The first-order valence-electron chi connectivity index (χ1n) is 2.09. The van der Waals surface area contributed by atoms with Crippen LogP contribution in [-0.2, 0) is 4.79 Å². The number of aliphatic carboxylic acids is 1. The van der Waals surface area contributed by atoms with Crippen molar-refractivity contribution < 1.29 is 9.90 Å². The van der Waals surface area contributed by atoms with Gasteiger partial charge in [-0.2, -0.15) is 13.5 Å². The Bertz CT molecular complexity index is 98.6. The second-order valence-corrected chi connectivity index (χ2v) is 1.26. The molecule has 0 aromatic heterocycles. The Hall–Kier alpha value is -0.440.